The third-order valence-electron chi connectivity index (χ3n) is 0.830. The van der Waals surface area contributed by atoms with Crippen LogP contribution in [-0.4, -0.2) is 26.6 Å². The van der Waals surface area contributed by atoms with Gasteiger partial charge in [0, 0.05) is 6.07 Å². The molecule has 0 spiro atoms. The van der Waals surface area contributed by atoms with Gasteiger partial charge in [0.05, 0.1) is 0 Å². The van der Waals surface area contributed by atoms with E-state index in [2.05, 4.69) is 0 Å². The zero-order valence-electron chi connectivity index (χ0n) is 8.01. The first-order chi connectivity index (χ1) is 5.52. The van der Waals surface area contributed by atoms with Crippen LogP contribution in [0.1, 0.15) is 1.43 Å². The van der Waals surface area contributed by atoms with E-state index in [0.29, 0.717) is 0 Å². The molecule has 4 N–H and O–H groups in total. The monoisotopic (exact) mass is 196 g/mol. The Hall–Kier alpha value is -0.910. The first-order valence-corrected chi connectivity index (χ1v) is 2.92. The number of aromatic hydroxyl groups is 2. The first-order valence-electron chi connectivity index (χ1n) is 2.92. The van der Waals surface area contributed by atoms with Gasteiger partial charge in [0.15, 0.2) is 0 Å². The van der Waals surface area contributed by atoms with E-state index in [4.69, 9.17) is 25.2 Å². The summed E-state index contributed by atoms with van der Waals surface area (Å²) in [5.41, 5.74) is 0. The molecule has 68 valence electrons. The maximum atomic E-state index is 8.65. The van der Waals surface area contributed by atoms with E-state index < -0.39 is 6.16 Å². The first kappa shape index (κ1) is 14.6. The van der Waals surface area contributed by atoms with Crippen molar-refractivity contribution in [3.8, 4) is 11.5 Å². The molecule has 0 aliphatic rings. The van der Waals surface area contributed by atoms with Crippen LogP contribution in [0.3, 0.4) is 0 Å². The quantitative estimate of drug-likeness (QED) is 0.376. The van der Waals surface area contributed by atoms with Crippen molar-refractivity contribution < 1.29 is 56.2 Å². The molecule has 0 aromatic heterocycles. The molecule has 0 unspecified atom stereocenters. The maximum Gasteiger partial charge on any atom is 1.00 e. The SMILES string of the molecule is O=C(O)O.Oc1cccc(O)c1.[H-].[Na+]. The van der Waals surface area contributed by atoms with Gasteiger partial charge in [-0.3, -0.25) is 0 Å². The van der Waals surface area contributed by atoms with Gasteiger partial charge in [0.1, 0.15) is 11.5 Å². The Balaban J connectivity index is -0.000000180. The number of hydrogen-bond acceptors (Lipinski definition) is 3. The molecule has 0 saturated carbocycles. The van der Waals surface area contributed by atoms with Crippen LogP contribution in [-0.2, 0) is 0 Å². The van der Waals surface area contributed by atoms with Crippen LogP contribution in [0, 0.1) is 0 Å². The summed E-state index contributed by atoms with van der Waals surface area (Å²) in [6.45, 7) is 0. The topological polar surface area (TPSA) is 98.0 Å². The second-order valence-electron chi connectivity index (χ2n) is 1.80. The summed E-state index contributed by atoms with van der Waals surface area (Å²) in [6.07, 6.45) is -1.83. The van der Waals surface area contributed by atoms with Crippen LogP contribution in [0.25, 0.3) is 0 Å². The minimum atomic E-state index is -1.83. The second-order valence-corrected chi connectivity index (χ2v) is 1.80. The van der Waals surface area contributed by atoms with Crippen molar-refractivity contribution in [3.63, 3.8) is 0 Å². The molecule has 0 saturated heterocycles. The molecule has 1 aromatic rings. The second kappa shape index (κ2) is 7.72. The van der Waals surface area contributed by atoms with E-state index in [9.17, 15) is 0 Å². The van der Waals surface area contributed by atoms with E-state index in [1.54, 1.807) is 6.07 Å². The number of phenolic OH excluding ortho intramolecular Hbond substituents is 2. The molecule has 13 heavy (non-hydrogen) atoms. The summed E-state index contributed by atoms with van der Waals surface area (Å²) in [5.74, 6) is 0.176. The fourth-order valence-corrected chi connectivity index (χ4v) is 0.493. The predicted molar refractivity (Wildman–Crippen MR) is 41.5 cm³/mol. The van der Waals surface area contributed by atoms with Crippen molar-refractivity contribution in [1.29, 1.82) is 0 Å². The average Bonchev–Trinajstić information content (AvgIpc) is 1.84. The van der Waals surface area contributed by atoms with Gasteiger partial charge in [0.2, 0.25) is 0 Å². The Morgan fingerprint density at radius 2 is 1.46 bits per heavy atom. The smallest absolute Gasteiger partial charge is 1.00 e. The van der Waals surface area contributed by atoms with Gasteiger partial charge < -0.3 is 21.9 Å². The summed E-state index contributed by atoms with van der Waals surface area (Å²) in [7, 11) is 0. The zero-order chi connectivity index (χ0) is 9.56. The molecule has 0 atom stereocenters. The molecular formula is C7H9NaO5. The Labute approximate surface area is 98.0 Å². The number of carbonyl (C=O) groups is 1. The van der Waals surface area contributed by atoms with Crippen LogP contribution in [0.5, 0.6) is 11.5 Å². The molecule has 0 aliphatic heterocycles. The third-order valence-corrected chi connectivity index (χ3v) is 0.830. The summed E-state index contributed by atoms with van der Waals surface area (Å²) < 4.78 is 0. The van der Waals surface area contributed by atoms with Crippen molar-refractivity contribution in [3.05, 3.63) is 24.3 Å². The van der Waals surface area contributed by atoms with Crippen molar-refractivity contribution in [2.75, 3.05) is 0 Å². The Bertz CT molecular complexity index is 247. The van der Waals surface area contributed by atoms with Crippen molar-refractivity contribution in [2.45, 2.75) is 0 Å². The molecule has 0 radical (unpaired) electrons. The van der Waals surface area contributed by atoms with E-state index in [1.165, 1.54) is 18.2 Å². The summed E-state index contributed by atoms with van der Waals surface area (Å²) in [5, 5.41) is 31.3. The van der Waals surface area contributed by atoms with Gasteiger partial charge in [0.25, 0.3) is 0 Å². The summed E-state index contributed by atoms with van der Waals surface area (Å²) >= 11 is 0. The molecule has 0 amide bonds. The molecule has 0 aliphatic carbocycles. The Morgan fingerprint density at radius 1 is 1.15 bits per heavy atom. The third kappa shape index (κ3) is 11.1. The number of benzene rings is 1. The standard InChI is InChI=1S/C6H6O2.CH2O3.Na.H/c7-5-2-1-3-6(8)4-5;2-1(3)4;;/h1-4,7-8H;(H2,2,3,4);;/q;;+1;-1. The summed E-state index contributed by atoms with van der Waals surface area (Å²) in [6, 6.07) is 5.85. The molecule has 1 rings (SSSR count). The normalized spacial score (nSPS) is 7.38. The van der Waals surface area contributed by atoms with E-state index >= 15 is 0 Å². The minimum Gasteiger partial charge on any atom is -1.00 e. The van der Waals surface area contributed by atoms with Crippen LogP contribution in [0.4, 0.5) is 4.79 Å². The zero-order valence-corrected chi connectivity index (χ0v) is 9.01. The van der Waals surface area contributed by atoms with Crippen LogP contribution in [0.15, 0.2) is 24.3 Å². The molecule has 5 nitrogen and oxygen atoms in total. The van der Waals surface area contributed by atoms with E-state index in [0.717, 1.165) is 0 Å². The molecule has 1 aromatic carbocycles. The number of rotatable bonds is 0. The van der Waals surface area contributed by atoms with Gasteiger partial charge in [-0.15, -0.1) is 0 Å². The van der Waals surface area contributed by atoms with Crippen molar-refractivity contribution >= 4 is 6.16 Å². The minimum absolute atomic E-state index is 0. The Morgan fingerprint density at radius 3 is 1.62 bits per heavy atom. The Kier molecular flexibility index (Phi) is 8.68. The number of hydrogen-bond donors (Lipinski definition) is 4. The fraction of sp³-hybridized carbons (Fsp3) is 0. The predicted octanol–water partition coefficient (Wildman–Crippen LogP) is -1.56. The maximum absolute atomic E-state index is 8.65. The van der Waals surface area contributed by atoms with E-state index in [1.807, 2.05) is 0 Å². The number of carboxylic acid groups (broad SMARTS) is 2. The van der Waals surface area contributed by atoms with Gasteiger partial charge in [-0.05, 0) is 12.1 Å². The largest absolute Gasteiger partial charge is 1.00 e. The van der Waals surface area contributed by atoms with Crippen LogP contribution >= 0.6 is 0 Å². The summed E-state index contributed by atoms with van der Waals surface area (Å²) in [4.78, 5) is 8.56. The van der Waals surface area contributed by atoms with Crippen molar-refractivity contribution in [1.82, 2.24) is 0 Å². The molecular weight excluding hydrogens is 187 g/mol. The van der Waals surface area contributed by atoms with Crippen LogP contribution in [0.2, 0.25) is 0 Å². The van der Waals surface area contributed by atoms with Crippen molar-refractivity contribution in [2.24, 2.45) is 0 Å². The molecule has 0 bridgehead atoms. The molecule has 0 fully saturated rings. The van der Waals surface area contributed by atoms with Crippen LogP contribution < -0.4 is 29.6 Å². The number of phenols is 2. The van der Waals surface area contributed by atoms with E-state index in [-0.39, 0.29) is 42.5 Å². The fourth-order valence-electron chi connectivity index (χ4n) is 0.493. The van der Waals surface area contributed by atoms with Gasteiger partial charge in [-0.25, -0.2) is 4.79 Å². The van der Waals surface area contributed by atoms with Gasteiger partial charge in [-0.1, -0.05) is 6.07 Å². The molecule has 0 heterocycles. The van der Waals surface area contributed by atoms with Gasteiger partial charge in [-0.2, -0.15) is 0 Å². The average molecular weight is 196 g/mol. The van der Waals surface area contributed by atoms with Gasteiger partial charge >= 0.3 is 35.7 Å². The molecule has 6 heteroatoms.